The molecule has 4 rings (SSSR count). The molecule has 0 saturated carbocycles. The lowest BCUT2D eigenvalue weighted by atomic mass is 9.98. The van der Waals surface area contributed by atoms with Crippen molar-refractivity contribution in [3.63, 3.8) is 0 Å². The minimum absolute atomic E-state index is 0.152. The summed E-state index contributed by atoms with van der Waals surface area (Å²) in [5.41, 5.74) is 1.72. The zero-order chi connectivity index (χ0) is 20.2. The van der Waals surface area contributed by atoms with Crippen molar-refractivity contribution in [1.82, 2.24) is 14.9 Å². The predicted octanol–water partition coefficient (Wildman–Crippen LogP) is 3.21. The van der Waals surface area contributed by atoms with Crippen LogP contribution in [0.3, 0.4) is 0 Å². The molecule has 1 fully saturated rings. The van der Waals surface area contributed by atoms with E-state index in [1.54, 1.807) is 6.20 Å². The number of H-pyrrole nitrogens is 1. The quantitative estimate of drug-likeness (QED) is 0.738. The monoisotopic (exact) mass is 411 g/mol. The Hall–Kier alpha value is -2.45. The Kier molecular flexibility index (Phi) is 6.10. The average molecular weight is 412 g/mol. The largest absolute Gasteiger partial charge is 0.485 e. The van der Waals surface area contributed by atoms with E-state index in [4.69, 9.17) is 9.73 Å². The molecule has 0 bridgehead atoms. The first-order chi connectivity index (χ1) is 14.1. The van der Waals surface area contributed by atoms with Gasteiger partial charge < -0.3 is 14.6 Å². The van der Waals surface area contributed by atoms with Gasteiger partial charge in [0.15, 0.2) is 11.6 Å². The summed E-state index contributed by atoms with van der Waals surface area (Å²) in [5, 5.41) is 1.53. The summed E-state index contributed by atoms with van der Waals surface area (Å²) >= 11 is 1.85. The Labute approximate surface area is 174 Å². The van der Waals surface area contributed by atoms with Crippen LogP contribution in [-0.2, 0) is 6.61 Å². The van der Waals surface area contributed by atoms with E-state index in [1.807, 2.05) is 30.1 Å². The molecule has 2 aliphatic heterocycles. The van der Waals surface area contributed by atoms with E-state index in [2.05, 4.69) is 33.6 Å². The molecular formula is C21H25N5O2S. The highest BCUT2D eigenvalue weighted by molar-refractivity contribution is 8.14. The molecule has 0 aromatic carbocycles. The molecule has 2 aromatic rings. The van der Waals surface area contributed by atoms with E-state index in [0.717, 1.165) is 30.8 Å². The van der Waals surface area contributed by atoms with Gasteiger partial charge >= 0.3 is 0 Å². The third kappa shape index (κ3) is 4.76. The fraction of sp³-hybridized carbons (Fsp3) is 0.429. The number of aromatic amines is 1. The van der Waals surface area contributed by atoms with Crippen molar-refractivity contribution in [1.29, 1.82) is 0 Å². The van der Waals surface area contributed by atoms with Gasteiger partial charge in [0, 0.05) is 24.4 Å². The number of nitrogens with one attached hydrogen (secondary N) is 1. The first kappa shape index (κ1) is 19.8. The summed E-state index contributed by atoms with van der Waals surface area (Å²) in [4.78, 5) is 29.7. The maximum absolute atomic E-state index is 11.5. The first-order valence-corrected chi connectivity index (χ1v) is 10.7. The Bertz CT molecular complexity index is 966. The van der Waals surface area contributed by atoms with Gasteiger partial charge in [-0.2, -0.15) is 0 Å². The van der Waals surface area contributed by atoms with Crippen LogP contribution in [0.15, 0.2) is 45.4 Å². The minimum atomic E-state index is -0.152. The van der Waals surface area contributed by atoms with E-state index >= 15 is 0 Å². The lowest BCUT2D eigenvalue weighted by Gasteiger charge is -2.28. The number of hydrogen-bond donors (Lipinski definition) is 1. The standard InChI is InChI=1S/C21H25N5O2S/c1-22-20-17(28-13-14-3-6-23-19(27)9-14)10-16(11-24-20)18-12-25-21(29-18)15-4-7-26(2)8-5-15/h3,6,9-11,15,18H,1,4-5,7-8,12-13H2,2H3,(H,23,27). The van der Waals surface area contributed by atoms with Crippen molar-refractivity contribution in [3.05, 3.63) is 52.1 Å². The van der Waals surface area contributed by atoms with Gasteiger partial charge in [0.05, 0.1) is 16.8 Å². The van der Waals surface area contributed by atoms with Crippen LogP contribution in [-0.4, -0.2) is 53.3 Å². The van der Waals surface area contributed by atoms with Gasteiger partial charge in [0.2, 0.25) is 5.56 Å². The fourth-order valence-corrected chi connectivity index (χ4v) is 4.92. The van der Waals surface area contributed by atoms with Gasteiger partial charge in [-0.15, -0.1) is 11.8 Å². The molecule has 7 nitrogen and oxygen atoms in total. The van der Waals surface area contributed by atoms with Crippen molar-refractivity contribution < 1.29 is 4.74 Å². The highest BCUT2D eigenvalue weighted by Gasteiger charge is 2.29. The number of aliphatic imine (C=N–C) groups is 2. The van der Waals surface area contributed by atoms with Crippen LogP contribution in [0.4, 0.5) is 5.82 Å². The molecule has 0 radical (unpaired) electrons. The summed E-state index contributed by atoms with van der Waals surface area (Å²) in [6.07, 6.45) is 5.81. The zero-order valence-corrected chi connectivity index (χ0v) is 17.3. The van der Waals surface area contributed by atoms with E-state index in [0.29, 0.717) is 17.5 Å². The van der Waals surface area contributed by atoms with Crippen LogP contribution in [0, 0.1) is 5.92 Å². The second-order valence-electron chi connectivity index (χ2n) is 7.46. The van der Waals surface area contributed by atoms with Crippen LogP contribution in [0.25, 0.3) is 0 Å². The second kappa shape index (κ2) is 8.92. The average Bonchev–Trinajstić information content (AvgIpc) is 3.23. The SMILES string of the molecule is C=Nc1ncc(C2CN=C(C3CCN(C)CC3)S2)cc1OCc1cc[nH]c(=O)c1. The molecular weight excluding hydrogens is 386 g/mol. The molecule has 4 heterocycles. The zero-order valence-electron chi connectivity index (χ0n) is 16.5. The van der Waals surface area contributed by atoms with Crippen LogP contribution >= 0.6 is 11.8 Å². The molecule has 2 aliphatic rings. The van der Waals surface area contributed by atoms with E-state index in [-0.39, 0.29) is 17.4 Å². The fourth-order valence-electron chi connectivity index (χ4n) is 3.64. The molecule has 1 saturated heterocycles. The molecule has 1 unspecified atom stereocenters. The van der Waals surface area contributed by atoms with Crippen molar-refractivity contribution in [2.45, 2.75) is 24.7 Å². The molecule has 0 aliphatic carbocycles. The molecule has 29 heavy (non-hydrogen) atoms. The summed E-state index contributed by atoms with van der Waals surface area (Å²) in [7, 11) is 2.18. The predicted molar refractivity (Wildman–Crippen MR) is 118 cm³/mol. The smallest absolute Gasteiger partial charge is 0.248 e. The van der Waals surface area contributed by atoms with Crippen molar-refractivity contribution in [2.75, 3.05) is 26.7 Å². The maximum atomic E-state index is 11.5. The first-order valence-electron chi connectivity index (χ1n) is 9.79. The Morgan fingerprint density at radius 3 is 2.97 bits per heavy atom. The molecule has 8 heteroatoms. The maximum Gasteiger partial charge on any atom is 0.248 e. The van der Waals surface area contributed by atoms with Crippen molar-refractivity contribution in [2.24, 2.45) is 15.9 Å². The number of piperidine rings is 1. The highest BCUT2D eigenvalue weighted by atomic mass is 32.2. The second-order valence-corrected chi connectivity index (χ2v) is 8.68. The van der Waals surface area contributed by atoms with Gasteiger partial charge in [-0.05, 0) is 63.0 Å². The van der Waals surface area contributed by atoms with Gasteiger partial charge in [0.25, 0.3) is 0 Å². The number of aromatic nitrogens is 2. The van der Waals surface area contributed by atoms with E-state index in [9.17, 15) is 4.79 Å². The van der Waals surface area contributed by atoms with Gasteiger partial charge in [-0.3, -0.25) is 9.79 Å². The number of ether oxygens (including phenoxy) is 1. The Morgan fingerprint density at radius 2 is 2.21 bits per heavy atom. The van der Waals surface area contributed by atoms with E-state index in [1.165, 1.54) is 24.0 Å². The van der Waals surface area contributed by atoms with E-state index < -0.39 is 0 Å². The van der Waals surface area contributed by atoms with Crippen LogP contribution in [0.2, 0.25) is 0 Å². The van der Waals surface area contributed by atoms with Gasteiger partial charge in [0.1, 0.15) is 6.61 Å². The topological polar surface area (TPSA) is 82.9 Å². The Morgan fingerprint density at radius 1 is 1.38 bits per heavy atom. The lowest BCUT2D eigenvalue weighted by Crippen LogP contribution is -2.32. The molecule has 2 aromatic heterocycles. The van der Waals surface area contributed by atoms with Gasteiger partial charge in [-0.1, -0.05) is 0 Å². The highest BCUT2D eigenvalue weighted by Crippen LogP contribution is 2.41. The number of hydrogen-bond acceptors (Lipinski definition) is 7. The molecule has 1 atom stereocenters. The number of pyridine rings is 2. The molecule has 152 valence electrons. The summed E-state index contributed by atoms with van der Waals surface area (Å²) in [5.74, 6) is 1.61. The lowest BCUT2D eigenvalue weighted by molar-refractivity contribution is 0.253. The number of thioether (sulfide) groups is 1. The molecule has 0 amide bonds. The van der Waals surface area contributed by atoms with Crippen LogP contribution in [0.1, 0.15) is 29.2 Å². The third-order valence-corrected chi connectivity index (χ3v) is 6.76. The van der Waals surface area contributed by atoms with Crippen LogP contribution < -0.4 is 10.3 Å². The third-order valence-electron chi connectivity index (χ3n) is 5.35. The van der Waals surface area contributed by atoms with Crippen molar-refractivity contribution in [3.8, 4) is 5.75 Å². The molecule has 0 spiro atoms. The normalized spacial score (nSPS) is 20.4. The van der Waals surface area contributed by atoms with Gasteiger partial charge in [-0.25, -0.2) is 9.98 Å². The number of nitrogens with zero attached hydrogens (tertiary/aromatic N) is 4. The summed E-state index contributed by atoms with van der Waals surface area (Å²) in [6.45, 7) is 6.90. The molecule has 1 N–H and O–H groups in total. The van der Waals surface area contributed by atoms with Crippen molar-refractivity contribution >= 4 is 29.3 Å². The number of rotatable bonds is 6. The summed E-state index contributed by atoms with van der Waals surface area (Å²) < 4.78 is 5.92. The Balaban J connectivity index is 1.44. The van der Waals surface area contributed by atoms with Crippen LogP contribution in [0.5, 0.6) is 5.75 Å². The summed E-state index contributed by atoms with van der Waals surface area (Å²) in [6, 6.07) is 5.32. The minimum Gasteiger partial charge on any atom is -0.485 e. The number of likely N-dealkylation sites (tertiary alicyclic amines) is 1.